The molecule has 7 nitrogen and oxygen atoms in total. The van der Waals surface area contributed by atoms with Gasteiger partial charge >= 0.3 is 6.03 Å². The molecule has 3 amide bonds. The Hall–Kier alpha value is -2.39. The van der Waals surface area contributed by atoms with Crippen LogP contribution >= 0.6 is 31.9 Å². The average Bonchev–Trinajstić information content (AvgIpc) is 2.86. The summed E-state index contributed by atoms with van der Waals surface area (Å²) in [6.07, 6.45) is 1.25. The predicted molar refractivity (Wildman–Crippen MR) is 107 cm³/mol. The van der Waals surface area contributed by atoms with Crippen LogP contribution in [-0.2, 0) is 10.3 Å². The number of carbonyl (C=O) groups excluding carboxylic acids is 2. The van der Waals surface area contributed by atoms with E-state index in [4.69, 9.17) is 4.74 Å². The first-order valence-electron chi connectivity index (χ1n) is 7.79. The lowest BCUT2D eigenvalue weighted by Gasteiger charge is -2.21. The van der Waals surface area contributed by atoms with Crippen LogP contribution in [0.2, 0.25) is 0 Å². The smallest absolute Gasteiger partial charge is 0.346 e. The summed E-state index contributed by atoms with van der Waals surface area (Å²) in [5.41, 5.74) is -0.303. The number of nitrogens with one attached hydrogen (secondary N) is 1. The molecule has 1 aliphatic heterocycles. The van der Waals surface area contributed by atoms with Crippen molar-refractivity contribution in [3.63, 3.8) is 0 Å². The van der Waals surface area contributed by atoms with E-state index >= 15 is 0 Å². The zero-order valence-electron chi connectivity index (χ0n) is 14.4. The Balaban J connectivity index is 1.90. The van der Waals surface area contributed by atoms with E-state index in [-0.39, 0.29) is 5.75 Å². The van der Waals surface area contributed by atoms with Crippen LogP contribution in [0.5, 0.6) is 11.5 Å². The van der Waals surface area contributed by atoms with Gasteiger partial charge in [-0.2, -0.15) is 5.10 Å². The average molecular weight is 497 g/mol. The fourth-order valence-electron chi connectivity index (χ4n) is 2.65. The normalized spacial score (nSPS) is 19.6. The van der Waals surface area contributed by atoms with E-state index in [1.807, 2.05) is 0 Å². The van der Waals surface area contributed by atoms with Crippen LogP contribution in [0.15, 0.2) is 50.4 Å². The fourth-order valence-corrected chi connectivity index (χ4v) is 3.91. The first-order valence-corrected chi connectivity index (χ1v) is 9.38. The van der Waals surface area contributed by atoms with Gasteiger partial charge in [0.15, 0.2) is 0 Å². The van der Waals surface area contributed by atoms with Crippen LogP contribution in [0.25, 0.3) is 0 Å². The van der Waals surface area contributed by atoms with Gasteiger partial charge in [-0.1, -0.05) is 28.1 Å². The second kappa shape index (κ2) is 7.32. The van der Waals surface area contributed by atoms with Crippen molar-refractivity contribution < 1.29 is 19.4 Å². The number of hydrazone groups is 1. The molecule has 0 bridgehead atoms. The number of rotatable bonds is 4. The number of hydrogen-bond acceptors (Lipinski definition) is 5. The second-order valence-corrected chi connectivity index (χ2v) is 7.74. The molecule has 0 radical (unpaired) electrons. The lowest BCUT2D eigenvalue weighted by Crippen LogP contribution is -2.40. The van der Waals surface area contributed by atoms with Gasteiger partial charge in [0.2, 0.25) is 0 Å². The number of ether oxygens (including phenoxy) is 1. The zero-order valence-corrected chi connectivity index (χ0v) is 17.5. The van der Waals surface area contributed by atoms with Crippen LogP contribution < -0.4 is 10.1 Å². The summed E-state index contributed by atoms with van der Waals surface area (Å²) in [5.74, 6) is 0.0686. The lowest BCUT2D eigenvalue weighted by molar-refractivity contribution is -0.131. The number of phenols is 1. The summed E-state index contributed by atoms with van der Waals surface area (Å²) in [7, 11) is 1.55. The van der Waals surface area contributed by atoms with Crippen molar-refractivity contribution in [3.8, 4) is 11.5 Å². The third-order valence-corrected chi connectivity index (χ3v) is 5.27. The highest BCUT2D eigenvalue weighted by atomic mass is 79.9. The Labute approximate surface area is 172 Å². The van der Waals surface area contributed by atoms with E-state index in [0.717, 1.165) is 5.01 Å². The monoisotopic (exact) mass is 495 g/mol. The quantitative estimate of drug-likeness (QED) is 0.498. The molecule has 3 rings (SSSR count). The maximum absolute atomic E-state index is 12.8. The van der Waals surface area contributed by atoms with E-state index in [0.29, 0.717) is 25.8 Å². The standard InChI is InChI=1S/C18H15Br2N3O4/c1-18(11-3-5-13(27-2)6-4-11)16(25)23(17(26)22-18)21-9-10-7-12(19)8-14(20)15(10)24/h3-9,24H,1-2H3,(H,22,26)/b21-9+. The molecule has 27 heavy (non-hydrogen) atoms. The van der Waals surface area contributed by atoms with Gasteiger partial charge in [-0.3, -0.25) is 4.79 Å². The topological polar surface area (TPSA) is 91.2 Å². The van der Waals surface area contributed by atoms with Crippen molar-refractivity contribution in [1.29, 1.82) is 0 Å². The molecule has 1 saturated heterocycles. The molecule has 1 fully saturated rings. The van der Waals surface area contributed by atoms with Gasteiger partial charge in [0.05, 0.1) is 17.8 Å². The number of carbonyl (C=O) groups is 2. The number of urea groups is 1. The molecule has 2 aromatic carbocycles. The molecule has 0 saturated carbocycles. The second-order valence-electron chi connectivity index (χ2n) is 5.97. The molecule has 140 valence electrons. The molecule has 1 aliphatic rings. The van der Waals surface area contributed by atoms with Crippen molar-refractivity contribution in [2.24, 2.45) is 5.10 Å². The Morgan fingerprint density at radius 3 is 2.52 bits per heavy atom. The maximum atomic E-state index is 12.8. The van der Waals surface area contributed by atoms with Crippen molar-refractivity contribution in [2.45, 2.75) is 12.5 Å². The maximum Gasteiger partial charge on any atom is 0.346 e. The molecule has 9 heteroatoms. The summed E-state index contributed by atoms with van der Waals surface area (Å²) < 4.78 is 6.27. The highest BCUT2D eigenvalue weighted by Crippen LogP contribution is 2.32. The first kappa shape index (κ1) is 19.4. The van der Waals surface area contributed by atoms with Crippen LogP contribution in [0.4, 0.5) is 4.79 Å². The molecule has 0 spiro atoms. The highest BCUT2D eigenvalue weighted by molar-refractivity contribution is 9.11. The van der Waals surface area contributed by atoms with Crippen molar-refractivity contribution in [3.05, 3.63) is 56.5 Å². The largest absolute Gasteiger partial charge is 0.506 e. The highest BCUT2D eigenvalue weighted by Gasteiger charge is 2.49. The minimum Gasteiger partial charge on any atom is -0.506 e. The number of amides is 3. The van der Waals surface area contributed by atoms with Gasteiger partial charge in [-0.15, -0.1) is 5.01 Å². The molecule has 1 unspecified atom stereocenters. The van der Waals surface area contributed by atoms with Gasteiger partial charge in [0, 0.05) is 10.0 Å². The van der Waals surface area contributed by atoms with Crippen molar-refractivity contribution in [2.75, 3.05) is 7.11 Å². The van der Waals surface area contributed by atoms with Gasteiger partial charge < -0.3 is 15.2 Å². The lowest BCUT2D eigenvalue weighted by atomic mass is 9.92. The number of imide groups is 1. The molecular weight excluding hydrogens is 482 g/mol. The van der Waals surface area contributed by atoms with Crippen LogP contribution in [0.1, 0.15) is 18.1 Å². The van der Waals surface area contributed by atoms with E-state index < -0.39 is 17.5 Å². The summed E-state index contributed by atoms with van der Waals surface area (Å²) in [5, 5.41) is 17.5. The van der Waals surface area contributed by atoms with Gasteiger partial charge in [-0.25, -0.2) is 4.79 Å². The summed E-state index contributed by atoms with van der Waals surface area (Å²) in [6, 6.07) is 9.48. The van der Waals surface area contributed by atoms with Gasteiger partial charge in [-0.05, 0) is 52.7 Å². The molecule has 0 aromatic heterocycles. The van der Waals surface area contributed by atoms with E-state index in [9.17, 15) is 14.7 Å². The Morgan fingerprint density at radius 2 is 1.89 bits per heavy atom. The summed E-state index contributed by atoms with van der Waals surface area (Å²) in [6.45, 7) is 1.61. The minimum atomic E-state index is -1.25. The molecule has 1 atom stereocenters. The number of aromatic hydroxyl groups is 1. The molecule has 2 N–H and O–H groups in total. The predicted octanol–water partition coefficient (Wildman–Crippen LogP) is 3.73. The molecular formula is C18H15Br2N3O4. The van der Waals surface area contributed by atoms with E-state index in [1.54, 1.807) is 50.4 Å². The van der Waals surface area contributed by atoms with Crippen LogP contribution in [-0.4, -0.2) is 35.4 Å². The zero-order chi connectivity index (χ0) is 19.8. The minimum absolute atomic E-state index is 0.0491. The van der Waals surface area contributed by atoms with Crippen molar-refractivity contribution in [1.82, 2.24) is 10.3 Å². The number of benzene rings is 2. The van der Waals surface area contributed by atoms with E-state index in [2.05, 4.69) is 42.3 Å². The third-order valence-electron chi connectivity index (χ3n) is 4.21. The number of hydrogen-bond donors (Lipinski definition) is 2. The van der Waals surface area contributed by atoms with Crippen LogP contribution in [0, 0.1) is 0 Å². The molecule has 2 aromatic rings. The van der Waals surface area contributed by atoms with Crippen LogP contribution in [0.3, 0.4) is 0 Å². The Bertz CT molecular complexity index is 946. The number of methoxy groups -OCH3 is 1. The number of nitrogens with zero attached hydrogens (tertiary/aromatic N) is 2. The summed E-state index contributed by atoms with van der Waals surface area (Å²) in [4.78, 5) is 25.2. The molecule has 1 heterocycles. The Kier molecular flexibility index (Phi) is 5.25. The Morgan fingerprint density at radius 1 is 1.22 bits per heavy atom. The number of phenolic OH excluding ortho intramolecular Hbond substituents is 1. The van der Waals surface area contributed by atoms with Crippen molar-refractivity contribution >= 4 is 50.0 Å². The number of halogens is 2. The third kappa shape index (κ3) is 3.57. The molecule has 0 aliphatic carbocycles. The van der Waals surface area contributed by atoms with E-state index in [1.165, 1.54) is 6.21 Å². The SMILES string of the molecule is COc1ccc(C2(C)NC(=O)N(/N=C/c3cc(Br)cc(Br)c3O)C2=O)cc1. The van der Waals surface area contributed by atoms with Gasteiger partial charge in [0.25, 0.3) is 5.91 Å². The first-order chi connectivity index (χ1) is 12.8. The fraction of sp³-hybridized carbons (Fsp3) is 0.167. The van der Waals surface area contributed by atoms with Gasteiger partial charge in [0.1, 0.15) is 17.0 Å². The summed E-state index contributed by atoms with van der Waals surface area (Å²) >= 11 is 6.53.